The predicted molar refractivity (Wildman–Crippen MR) is 44.8 cm³/mol. The van der Waals surface area contributed by atoms with Crippen molar-refractivity contribution >= 4 is 0 Å². The van der Waals surface area contributed by atoms with Crippen molar-refractivity contribution in [2.75, 3.05) is 7.11 Å². The van der Waals surface area contributed by atoms with Gasteiger partial charge in [0.15, 0.2) is 0 Å². The average molecular weight is 151 g/mol. The minimum atomic E-state index is 0.705. The first-order chi connectivity index (χ1) is 5.36. The number of hydrogen-bond donors (Lipinski definition) is 0. The molecule has 11 heavy (non-hydrogen) atoms. The van der Waals surface area contributed by atoms with E-state index in [2.05, 4.69) is 11.9 Å². The van der Waals surface area contributed by atoms with Crippen molar-refractivity contribution in [3.63, 3.8) is 0 Å². The lowest BCUT2D eigenvalue weighted by atomic mass is 10.2. The van der Waals surface area contributed by atoms with Gasteiger partial charge in [-0.25, -0.2) is 4.98 Å². The van der Waals surface area contributed by atoms with Crippen molar-refractivity contribution in [1.82, 2.24) is 4.98 Å². The van der Waals surface area contributed by atoms with Gasteiger partial charge in [0.1, 0.15) is 0 Å². The molecule has 0 radical (unpaired) electrons. The van der Waals surface area contributed by atoms with Crippen molar-refractivity contribution in [2.24, 2.45) is 0 Å². The van der Waals surface area contributed by atoms with Gasteiger partial charge in [0, 0.05) is 12.3 Å². The molecular formula is C9H13NO. The number of methoxy groups -OCH3 is 1. The normalized spacial score (nSPS) is 9.64. The highest BCUT2D eigenvalue weighted by molar-refractivity contribution is 5.20. The molecule has 0 aliphatic carbocycles. The summed E-state index contributed by atoms with van der Waals surface area (Å²) >= 11 is 0. The van der Waals surface area contributed by atoms with E-state index in [1.54, 1.807) is 13.3 Å². The molecule has 1 aromatic heterocycles. The summed E-state index contributed by atoms with van der Waals surface area (Å²) in [6, 6.07) is 4.00. The Labute approximate surface area is 67.2 Å². The monoisotopic (exact) mass is 151 g/mol. The lowest BCUT2D eigenvalue weighted by molar-refractivity contribution is 0.397. The van der Waals surface area contributed by atoms with Gasteiger partial charge in [0.2, 0.25) is 5.88 Å². The van der Waals surface area contributed by atoms with E-state index in [1.807, 2.05) is 12.1 Å². The van der Waals surface area contributed by atoms with Gasteiger partial charge in [0.05, 0.1) is 7.11 Å². The fraction of sp³-hybridized carbons (Fsp3) is 0.444. The molecule has 1 rings (SSSR count). The SMILES string of the molecule is CCCc1ccnc(OC)c1. The van der Waals surface area contributed by atoms with Crippen LogP contribution in [0.1, 0.15) is 18.9 Å². The van der Waals surface area contributed by atoms with Crippen LogP contribution < -0.4 is 4.74 Å². The highest BCUT2D eigenvalue weighted by atomic mass is 16.5. The quantitative estimate of drug-likeness (QED) is 0.659. The molecule has 0 aliphatic heterocycles. The van der Waals surface area contributed by atoms with Gasteiger partial charge in [-0.3, -0.25) is 0 Å². The highest BCUT2D eigenvalue weighted by Crippen LogP contribution is 2.09. The molecule has 0 saturated carbocycles. The maximum atomic E-state index is 4.99. The Morgan fingerprint density at radius 1 is 1.55 bits per heavy atom. The number of nitrogens with zero attached hydrogens (tertiary/aromatic N) is 1. The molecule has 0 fully saturated rings. The molecule has 60 valence electrons. The number of rotatable bonds is 3. The lowest BCUT2D eigenvalue weighted by Crippen LogP contribution is -1.89. The Morgan fingerprint density at radius 3 is 3.00 bits per heavy atom. The summed E-state index contributed by atoms with van der Waals surface area (Å²) in [7, 11) is 1.64. The summed E-state index contributed by atoms with van der Waals surface area (Å²) in [5, 5.41) is 0. The largest absolute Gasteiger partial charge is 0.481 e. The van der Waals surface area contributed by atoms with Crippen molar-refractivity contribution in [3.05, 3.63) is 23.9 Å². The number of aryl methyl sites for hydroxylation is 1. The highest BCUT2D eigenvalue weighted by Gasteiger charge is 1.94. The summed E-state index contributed by atoms with van der Waals surface area (Å²) in [5.74, 6) is 0.705. The van der Waals surface area contributed by atoms with Crippen LogP contribution in [-0.2, 0) is 6.42 Å². The molecule has 0 spiro atoms. The number of aromatic nitrogens is 1. The molecule has 0 N–H and O–H groups in total. The maximum Gasteiger partial charge on any atom is 0.213 e. The average Bonchev–Trinajstić information content (AvgIpc) is 2.06. The standard InChI is InChI=1S/C9H13NO/c1-3-4-8-5-6-10-9(7-8)11-2/h5-7H,3-4H2,1-2H3. The van der Waals surface area contributed by atoms with E-state index >= 15 is 0 Å². The summed E-state index contributed by atoms with van der Waals surface area (Å²) in [4.78, 5) is 4.02. The molecule has 1 heterocycles. The molecule has 1 aromatic rings. The smallest absolute Gasteiger partial charge is 0.213 e. The van der Waals surface area contributed by atoms with Gasteiger partial charge >= 0.3 is 0 Å². The Kier molecular flexibility index (Phi) is 2.90. The molecule has 0 saturated heterocycles. The number of hydrogen-bond acceptors (Lipinski definition) is 2. The fourth-order valence-electron chi connectivity index (χ4n) is 1.01. The number of ether oxygens (including phenoxy) is 1. The van der Waals surface area contributed by atoms with Crippen LogP contribution >= 0.6 is 0 Å². The zero-order chi connectivity index (χ0) is 8.10. The molecule has 0 unspecified atom stereocenters. The zero-order valence-corrected chi connectivity index (χ0v) is 7.00. The van der Waals surface area contributed by atoms with E-state index in [1.165, 1.54) is 5.56 Å². The molecule has 2 nitrogen and oxygen atoms in total. The lowest BCUT2D eigenvalue weighted by Gasteiger charge is -2.00. The summed E-state index contributed by atoms with van der Waals surface area (Å²) in [6.45, 7) is 2.16. The Bertz CT molecular complexity index is 223. The third-order valence-electron chi connectivity index (χ3n) is 1.55. The van der Waals surface area contributed by atoms with Crippen molar-refractivity contribution in [3.8, 4) is 5.88 Å². The molecule has 0 amide bonds. The minimum Gasteiger partial charge on any atom is -0.481 e. The fourth-order valence-corrected chi connectivity index (χ4v) is 1.01. The van der Waals surface area contributed by atoms with Crippen LogP contribution in [0.4, 0.5) is 0 Å². The van der Waals surface area contributed by atoms with E-state index in [0.29, 0.717) is 5.88 Å². The second kappa shape index (κ2) is 3.96. The first kappa shape index (κ1) is 8.05. The molecule has 2 heteroatoms. The predicted octanol–water partition coefficient (Wildman–Crippen LogP) is 2.04. The maximum absolute atomic E-state index is 4.99. The second-order valence-corrected chi connectivity index (χ2v) is 2.46. The zero-order valence-electron chi connectivity index (χ0n) is 7.00. The van der Waals surface area contributed by atoms with E-state index in [4.69, 9.17) is 4.74 Å². The Hall–Kier alpha value is -1.05. The van der Waals surface area contributed by atoms with Gasteiger partial charge < -0.3 is 4.74 Å². The summed E-state index contributed by atoms with van der Waals surface area (Å²) in [5.41, 5.74) is 1.29. The van der Waals surface area contributed by atoms with Gasteiger partial charge in [-0.1, -0.05) is 13.3 Å². The molecule has 0 bridgehead atoms. The molecule has 0 aliphatic rings. The Balaban J connectivity index is 2.74. The van der Waals surface area contributed by atoms with Crippen LogP contribution in [-0.4, -0.2) is 12.1 Å². The van der Waals surface area contributed by atoms with Crippen LogP contribution in [0.15, 0.2) is 18.3 Å². The minimum absolute atomic E-state index is 0.705. The first-order valence-electron chi connectivity index (χ1n) is 3.85. The van der Waals surface area contributed by atoms with Crippen molar-refractivity contribution in [1.29, 1.82) is 0 Å². The van der Waals surface area contributed by atoms with Crippen LogP contribution in [0.3, 0.4) is 0 Å². The van der Waals surface area contributed by atoms with Crippen molar-refractivity contribution in [2.45, 2.75) is 19.8 Å². The topological polar surface area (TPSA) is 22.1 Å². The van der Waals surface area contributed by atoms with E-state index in [9.17, 15) is 0 Å². The van der Waals surface area contributed by atoms with Crippen LogP contribution in [0.2, 0.25) is 0 Å². The third kappa shape index (κ3) is 2.22. The number of pyridine rings is 1. The van der Waals surface area contributed by atoms with Gasteiger partial charge in [-0.2, -0.15) is 0 Å². The van der Waals surface area contributed by atoms with E-state index in [0.717, 1.165) is 12.8 Å². The first-order valence-corrected chi connectivity index (χ1v) is 3.85. The molecule has 0 atom stereocenters. The summed E-state index contributed by atoms with van der Waals surface area (Å²) < 4.78 is 4.99. The molecule has 0 aromatic carbocycles. The van der Waals surface area contributed by atoms with E-state index < -0.39 is 0 Å². The third-order valence-corrected chi connectivity index (χ3v) is 1.55. The van der Waals surface area contributed by atoms with Gasteiger partial charge in [-0.05, 0) is 18.1 Å². The Morgan fingerprint density at radius 2 is 2.36 bits per heavy atom. The van der Waals surface area contributed by atoms with Crippen LogP contribution in [0.5, 0.6) is 5.88 Å². The summed E-state index contributed by atoms with van der Waals surface area (Å²) in [6.07, 6.45) is 4.04. The second-order valence-electron chi connectivity index (χ2n) is 2.46. The van der Waals surface area contributed by atoms with E-state index in [-0.39, 0.29) is 0 Å². The van der Waals surface area contributed by atoms with Gasteiger partial charge in [0.25, 0.3) is 0 Å². The van der Waals surface area contributed by atoms with Crippen LogP contribution in [0.25, 0.3) is 0 Å². The molecular weight excluding hydrogens is 138 g/mol. The van der Waals surface area contributed by atoms with Crippen LogP contribution in [0, 0.1) is 0 Å². The van der Waals surface area contributed by atoms with Crippen molar-refractivity contribution < 1.29 is 4.74 Å². The van der Waals surface area contributed by atoms with Gasteiger partial charge in [-0.15, -0.1) is 0 Å².